The summed E-state index contributed by atoms with van der Waals surface area (Å²) in [5, 5.41) is 3.79. The molecule has 1 atom stereocenters. The second kappa shape index (κ2) is 10.8. The maximum atomic E-state index is 13.2. The average molecular weight is 499 g/mol. The lowest BCUT2D eigenvalue weighted by Crippen LogP contribution is -2.38. The number of anilines is 1. The van der Waals surface area contributed by atoms with Crippen molar-refractivity contribution in [2.45, 2.75) is 58.0 Å². The Balaban J connectivity index is 1.56. The van der Waals surface area contributed by atoms with Gasteiger partial charge >= 0.3 is 0 Å². The second-order valence-corrected chi connectivity index (χ2v) is 10.3. The fourth-order valence-corrected chi connectivity index (χ4v) is 5.42. The highest BCUT2D eigenvalue weighted by atomic mass is 35.5. The predicted molar refractivity (Wildman–Crippen MR) is 141 cm³/mol. The van der Waals surface area contributed by atoms with Crippen LogP contribution in [0.5, 0.6) is 0 Å². The highest BCUT2D eigenvalue weighted by molar-refractivity contribution is 7.98. The van der Waals surface area contributed by atoms with Crippen LogP contribution in [0, 0.1) is 6.92 Å². The van der Waals surface area contributed by atoms with Crippen LogP contribution in [-0.4, -0.2) is 39.8 Å². The first-order valence-electron chi connectivity index (χ1n) is 11.7. The summed E-state index contributed by atoms with van der Waals surface area (Å²) < 4.78 is 0. The summed E-state index contributed by atoms with van der Waals surface area (Å²) in [6, 6.07) is 11.1. The molecule has 0 saturated heterocycles. The van der Waals surface area contributed by atoms with E-state index in [1.165, 1.54) is 0 Å². The summed E-state index contributed by atoms with van der Waals surface area (Å²) in [7, 11) is 0. The van der Waals surface area contributed by atoms with Gasteiger partial charge in [0.25, 0.3) is 5.91 Å². The number of benzene rings is 2. The molecule has 2 aromatic carbocycles. The van der Waals surface area contributed by atoms with E-state index in [2.05, 4.69) is 15.3 Å². The van der Waals surface area contributed by atoms with Gasteiger partial charge in [-0.25, -0.2) is 4.98 Å². The van der Waals surface area contributed by atoms with Crippen molar-refractivity contribution in [3.63, 3.8) is 0 Å². The molecule has 1 aromatic heterocycles. The molecule has 0 bridgehead atoms. The van der Waals surface area contributed by atoms with E-state index in [0.717, 1.165) is 66.0 Å². The Labute approximate surface area is 209 Å². The number of carbonyl (C=O) groups is 2. The van der Waals surface area contributed by atoms with E-state index in [1.807, 2.05) is 54.5 Å². The molecule has 6 nitrogen and oxygen atoms in total. The number of amides is 2. The number of carbonyl (C=O) groups excluding carboxylic acids is 2. The number of hydrogen-bond acceptors (Lipinski definition) is 4. The van der Waals surface area contributed by atoms with Gasteiger partial charge in [-0.1, -0.05) is 24.4 Å². The van der Waals surface area contributed by atoms with Crippen LogP contribution < -0.4 is 10.2 Å². The lowest BCUT2D eigenvalue weighted by Gasteiger charge is -2.29. The molecule has 4 rings (SSSR count). The fraction of sp³-hybridized carbons (Fsp3) is 0.423. The largest absolute Gasteiger partial charge is 0.342 e. The normalized spacial score (nSPS) is 14.9. The van der Waals surface area contributed by atoms with Crippen molar-refractivity contribution in [3.05, 3.63) is 58.4 Å². The van der Waals surface area contributed by atoms with Crippen LogP contribution >= 0.6 is 23.4 Å². The average Bonchev–Trinajstić information content (AvgIpc) is 3.47. The molecular weight excluding hydrogens is 468 g/mol. The van der Waals surface area contributed by atoms with Crippen LogP contribution in [0.25, 0.3) is 11.0 Å². The Morgan fingerprint density at radius 3 is 2.68 bits per heavy atom. The summed E-state index contributed by atoms with van der Waals surface area (Å²) in [4.78, 5) is 35.6. The standard InChI is InChI=1S/C26H31ClN4O2S/c1-16-14-18(8-11-24(16)31(17(2)32)20-6-4-5-7-20)26(33)30-22(12-13-34-3)25-28-21-10-9-19(27)15-23(21)29-25/h8-11,14-15,20,22H,4-7,12-13H2,1-3H3,(H,28,29)(H,30,33)/t22-/m0/s1. The van der Waals surface area contributed by atoms with Gasteiger partial charge in [0, 0.05) is 29.2 Å². The zero-order chi connectivity index (χ0) is 24.2. The smallest absolute Gasteiger partial charge is 0.251 e. The topological polar surface area (TPSA) is 78.1 Å². The van der Waals surface area contributed by atoms with Crippen molar-refractivity contribution in [2.24, 2.45) is 0 Å². The van der Waals surface area contributed by atoms with Gasteiger partial charge < -0.3 is 15.2 Å². The Morgan fingerprint density at radius 1 is 1.24 bits per heavy atom. The van der Waals surface area contributed by atoms with Crippen molar-refractivity contribution < 1.29 is 9.59 Å². The summed E-state index contributed by atoms with van der Waals surface area (Å²) in [6.45, 7) is 3.58. The monoisotopic (exact) mass is 498 g/mol. The van der Waals surface area contributed by atoms with Crippen molar-refractivity contribution in [1.82, 2.24) is 15.3 Å². The minimum Gasteiger partial charge on any atom is -0.342 e. The lowest BCUT2D eigenvalue weighted by atomic mass is 10.0. The molecule has 3 aromatic rings. The van der Waals surface area contributed by atoms with Crippen LogP contribution in [0.15, 0.2) is 36.4 Å². The minimum absolute atomic E-state index is 0.0503. The van der Waals surface area contributed by atoms with Gasteiger partial charge in [-0.05, 0) is 80.2 Å². The molecule has 180 valence electrons. The molecule has 0 aliphatic heterocycles. The molecule has 0 unspecified atom stereocenters. The molecule has 2 N–H and O–H groups in total. The van der Waals surface area contributed by atoms with E-state index in [1.54, 1.807) is 18.7 Å². The van der Waals surface area contributed by atoms with Gasteiger partial charge in [-0.3, -0.25) is 9.59 Å². The molecule has 0 radical (unpaired) electrons. The van der Waals surface area contributed by atoms with Gasteiger partial charge in [0.05, 0.1) is 17.1 Å². The zero-order valence-corrected chi connectivity index (χ0v) is 21.4. The molecule has 1 saturated carbocycles. The number of halogens is 1. The van der Waals surface area contributed by atoms with E-state index in [-0.39, 0.29) is 23.9 Å². The maximum absolute atomic E-state index is 13.2. The SMILES string of the molecule is CSCC[C@H](NC(=O)c1ccc(N(C(C)=O)C2CCCC2)c(C)c1)c1nc2ccc(Cl)cc2[nH]1. The van der Waals surface area contributed by atoms with Gasteiger partial charge in [-0.15, -0.1) is 0 Å². The predicted octanol–water partition coefficient (Wildman–Crippen LogP) is 6.04. The number of hydrogen-bond donors (Lipinski definition) is 2. The van der Waals surface area contributed by atoms with E-state index >= 15 is 0 Å². The first kappa shape index (κ1) is 24.6. The highest BCUT2D eigenvalue weighted by Gasteiger charge is 2.27. The van der Waals surface area contributed by atoms with Crippen LogP contribution in [0.2, 0.25) is 5.02 Å². The number of nitrogens with zero attached hydrogens (tertiary/aromatic N) is 2. The Kier molecular flexibility index (Phi) is 7.84. The van der Waals surface area contributed by atoms with Crippen LogP contribution in [0.1, 0.15) is 66.8 Å². The number of aryl methyl sites for hydroxylation is 1. The number of rotatable bonds is 8. The minimum atomic E-state index is -0.252. The summed E-state index contributed by atoms with van der Waals surface area (Å²) >= 11 is 7.85. The van der Waals surface area contributed by atoms with E-state index < -0.39 is 0 Å². The molecular formula is C26H31ClN4O2S. The van der Waals surface area contributed by atoms with Crippen LogP contribution in [0.3, 0.4) is 0 Å². The zero-order valence-electron chi connectivity index (χ0n) is 19.9. The van der Waals surface area contributed by atoms with Gasteiger partial charge in [-0.2, -0.15) is 11.8 Å². The number of imidazole rings is 1. The van der Waals surface area contributed by atoms with Crippen LogP contribution in [-0.2, 0) is 4.79 Å². The first-order valence-corrected chi connectivity index (χ1v) is 13.5. The fourth-order valence-electron chi connectivity index (χ4n) is 4.77. The summed E-state index contributed by atoms with van der Waals surface area (Å²) in [6.07, 6.45) is 7.16. The van der Waals surface area contributed by atoms with E-state index in [0.29, 0.717) is 10.6 Å². The lowest BCUT2D eigenvalue weighted by molar-refractivity contribution is -0.117. The molecule has 1 aliphatic rings. The molecule has 1 fully saturated rings. The van der Waals surface area contributed by atoms with Crippen LogP contribution in [0.4, 0.5) is 5.69 Å². The summed E-state index contributed by atoms with van der Waals surface area (Å²) in [5.74, 6) is 1.50. The van der Waals surface area contributed by atoms with Gasteiger partial charge in [0.15, 0.2) is 0 Å². The van der Waals surface area contributed by atoms with Crippen molar-refractivity contribution in [1.29, 1.82) is 0 Å². The molecule has 34 heavy (non-hydrogen) atoms. The van der Waals surface area contributed by atoms with Gasteiger partial charge in [0.1, 0.15) is 5.82 Å². The van der Waals surface area contributed by atoms with Gasteiger partial charge in [0.2, 0.25) is 5.91 Å². The molecule has 1 aliphatic carbocycles. The third kappa shape index (κ3) is 5.41. The molecule has 8 heteroatoms. The maximum Gasteiger partial charge on any atom is 0.251 e. The Bertz CT molecular complexity index is 1190. The number of H-pyrrole nitrogens is 1. The van der Waals surface area contributed by atoms with Crippen molar-refractivity contribution in [3.8, 4) is 0 Å². The third-order valence-corrected chi connectivity index (χ3v) is 7.33. The van der Waals surface area contributed by atoms with E-state index in [4.69, 9.17) is 11.6 Å². The quantitative estimate of drug-likeness (QED) is 0.396. The molecule has 0 spiro atoms. The summed E-state index contributed by atoms with van der Waals surface area (Å²) in [5.41, 5.74) is 4.06. The molecule has 1 heterocycles. The molecule has 2 amide bonds. The van der Waals surface area contributed by atoms with Crippen molar-refractivity contribution >= 4 is 51.9 Å². The van der Waals surface area contributed by atoms with E-state index in [9.17, 15) is 9.59 Å². The number of fused-ring (bicyclic) bond motifs is 1. The Morgan fingerprint density at radius 2 is 2.00 bits per heavy atom. The first-order chi connectivity index (χ1) is 16.4. The van der Waals surface area contributed by atoms with Crippen molar-refractivity contribution in [2.75, 3.05) is 16.9 Å². The highest BCUT2D eigenvalue weighted by Crippen LogP contribution is 2.31. The number of aromatic nitrogens is 2. The second-order valence-electron chi connectivity index (χ2n) is 8.92. The number of thioether (sulfide) groups is 1. The number of nitrogens with one attached hydrogen (secondary N) is 2. The number of aromatic amines is 1. The third-order valence-electron chi connectivity index (χ3n) is 6.46. The Hall–Kier alpha value is -2.51.